The number of pyridine rings is 1. The van der Waals surface area contributed by atoms with Crippen molar-refractivity contribution < 1.29 is 47.2 Å². The van der Waals surface area contributed by atoms with Crippen LogP contribution in [0, 0.1) is 24.5 Å². The van der Waals surface area contributed by atoms with E-state index >= 15 is 0 Å². The van der Waals surface area contributed by atoms with Crippen molar-refractivity contribution in [3.8, 4) is 0 Å². The molecular weight excluding hydrogens is 674 g/mol. The Morgan fingerprint density at radius 2 is 1.50 bits per heavy atom. The number of halogens is 3. The second-order valence-electron chi connectivity index (χ2n) is 9.85. The Balaban J connectivity index is -0.000000274. The number of carbonyl (C=O) groups is 3. The molecule has 1 heterocycles. The molecule has 0 aliphatic heterocycles. The standard InChI is InChI=1S/C10H8FN.C9H9ClFNO.C9H18O4.2C3H8O.C2H6.CH2O/c1-7-4-9-5-10(11)3-2-8(9)6-12-7;1-6(13)12-5-7-3-2-4-8(11)9(7)10;1-7(5-13-8(2)10)4-9(11)6-12-3;2*1-3-4-2;2*1-2/h2-6H,1H3;2-4H,5H2,1H3,(H,12,13);7,9,11H,4-6H2,1-3H3;2*3H2,1-2H3;1-2H3;1H2/t;;7-,9?;;;;/m..1..../s1. The number of benzene rings is 2. The fourth-order valence-corrected chi connectivity index (χ4v) is 3.37. The highest BCUT2D eigenvalue weighted by Gasteiger charge is 2.11. The number of methoxy groups -OCH3 is 3. The Kier molecular flexibility index (Phi) is 39.1. The molecule has 1 amide bonds. The number of carbonyl (C=O) groups excluding carboxylic acids is 3. The summed E-state index contributed by atoms with van der Waals surface area (Å²) in [6, 6.07) is 11.1. The van der Waals surface area contributed by atoms with Gasteiger partial charge in [0.2, 0.25) is 5.91 Å². The normalized spacial score (nSPS) is 10.4. The number of fused-ring (bicyclic) bond motifs is 1. The number of hydrogen-bond acceptors (Lipinski definition) is 9. The quantitative estimate of drug-likeness (QED) is 0.203. The summed E-state index contributed by atoms with van der Waals surface area (Å²) in [6.07, 6.45) is 1.86. The molecule has 1 aromatic heterocycles. The van der Waals surface area contributed by atoms with Crippen LogP contribution in [0.3, 0.4) is 0 Å². The van der Waals surface area contributed by atoms with Crippen LogP contribution in [0.5, 0.6) is 0 Å². The van der Waals surface area contributed by atoms with E-state index in [4.69, 9.17) is 25.9 Å². The molecule has 50 heavy (non-hydrogen) atoms. The molecule has 3 rings (SSSR count). The number of esters is 1. The predicted molar refractivity (Wildman–Crippen MR) is 197 cm³/mol. The van der Waals surface area contributed by atoms with Crippen LogP contribution in [0.25, 0.3) is 10.8 Å². The van der Waals surface area contributed by atoms with Crippen LogP contribution in [0.1, 0.15) is 66.1 Å². The number of hydrogen-bond donors (Lipinski definition) is 2. The van der Waals surface area contributed by atoms with E-state index in [1.807, 2.05) is 54.4 Å². The minimum absolute atomic E-state index is 0.0660. The van der Waals surface area contributed by atoms with Crippen LogP contribution in [0.4, 0.5) is 8.78 Å². The van der Waals surface area contributed by atoms with Gasteiger partial charge in [-0.15, -0.1) is 0 Å². The van der Waals surface area contributed by atoms with Gasteiger partial charge in [-0.3, -0.25) is 14.6 Å². The summed E-state index contributed by atoms with van der Waals surface area (Å²) < 4.78 is 44.3. The van der Waals surface area contributed by atoms with E-state index < -0.39 is 11.9 Å². The van der Waals surface area contributed by atoms with Gasteiger partial charge >= 0.3 is 5.97 Å². The zero-order chi connectivity index (χ0) is 39.5. The SMILES string of the molecule is C=O.CC.CC(=O)NCc1cccc(F)c1Cl.CCOC.CCOC.COCC(O)C[C@@H](C)COC(C)=O.Cc1cc2cc(F)ccc2cn1. The first-order valence-electron chi connectivity index (χ1n) is 16.0. The van der Waals surface area contributed by atoms with E-state index in [2.05, 4.69) is 19.8 Å². The molecule has 13 heteroatoms. The van der Waals surface area contributed by atoms with Crippen molar-refractivity contribution in [1.29, 1.82) is 0 Å². The molecular formula is C37H59ClF2N2O8. The molecule has 3 aromatic rings. The van der Waals surface area contributed by atoms with Crippen LogP contribution < -0.4 is 5.32 Å². The molecule has 0 aliphatic carbocycles. The summed E-state index contributed by atoms with van der Waals surface area (Å²) in [7, 11) is 4.90. The molecule has 1 unspecified atom stereocenters. The molecule has 0 fully saturated rings. The van der Waals surface area contributed by atoms with Gasteiger partial charge in [-0.25, -0.2) is 8.78 Å². The predicted octanol–water partition coefficient (Wildman–Crippen LogP) is 7.53. The molecule has 0 radical (unpaired) electrons. The molecule has 10 nitrogen and oxygen atoms in total. The summed E-state index contributed by atoms with van der Waals surface area (Å²) in [5.74, 6) is -0.958. The lowest BCUT2D eigenvalue weighted by atomic mass is 10.1. The Morgan fingerprint density at radius 3 is 1.98 bits per heavy atom. The number of aliphatic hydroxyl groups is 1. The van der Waals surface area contributed by atoms with Gasteiger partial charge < -0.3 is 34.2 Å². The first-order chi connectivity index (χ1) is 23.7. The van der Waals surface area contributed by atoms with Gasteiger partial charge in [0.15, 0.2) is 0 Å². The molecule has 2 atom stereocenters. The molecule has 0 saturated carbocycles. The third kappa shape index (κ3) is 31.7. The second kappa shape index (κ2) is 36.7. The Labute approximate surface area is 302 Å². The molecule has 2 N–H and O–H groups in total. The van der Waals surface area contributed by atoms with Crippen molar-refractivity contribution >= 4 is 41.0 Å². The molecule has 0 spiro atoms. The fourth-order valence-electron chi connectivity index (χ4n) is 3.18. The number of aromatic nitrogens is 1. The van der Waals surface area contributed by atoms with Gasteiger partial charge in [-0.05, 0) is 74.4 Å². The third-order valence-corrected chi connectivity index (χ3v) is 5.99. The Morgan fingerprint density at radius 1 is 0.940 bits per heavy atom. The van der Waals surface area contributed by atoms with Crippen molar-refractivity contribution in [2.24, 2.45) is 5.92 Å². The van der Waals surface area contributed by atoms with Crippen LogP contribution in [0.2, 0.25) is 5.02 Å². The maximum absolute atomic E-state index is 12.9. The van der Waals surface area contributed by atoms with E-state index in [0.717, 1.165) is 29.7 Å². The molecule has 0 aliphatic rings. The van der Waals surface area contributed by atoms with E-state index in [-0.39, 0.29) is 35.2 Å². The topological polar surface area (TPSA) is 133 Å². The fraction of sp³-hybridized carbons (Fsp3) is 0.514. The highest BCUT2D eigenvalue weighted by atomic mass is 35.5. The summed E-state index contributed by atoms with van der Waals surface area (Å²) in [4.78, 5) is 33.1. The van der Waals surface area contributed by atoms with Crippen LogP contribution in [-0.4, -0.2) is 82.6 Å². The zero-order valence-corrected chi connectivity index (χ0v) is 32.4. The summed E-state index contributed by atoms with van der Waals surface area (Å²) >= 11 is 5.65. The lowest BCUT2D eigenvalue weighted by Crippen LogP contribution is -2.20. The lowest BCUT2D eigenvalue weighted by molar-refractivity contribution is -0.142. The van der Waals surface area contributed by atoms with Crippen LogP contribution in [-0.2, 0) is 39.9 Å². The number of ether oxygens (including phenoxy) is 4. The number of aryl methyl sites for hydroxylation is 1. The van der Waals surface area contributed by atoms with Crippen LogP contribution >= 0.6 is 11.6 Å². The van der Waals surface area contributed by atoms with Crippen molar-refractivity contribution in [2.75, 3.05) is 47.8 Å². The van der Waals surface area contributed by atoms with Gasteiger partial charge in [0, 0.05) is 72.2 Å². The van der Waals surface area contributed by atoms with Gasteiger partial charge in [0.05, 0.1) is 24.3 Å². The zero-order valence-electron chi connectivity index (χ0n) is 31.6. The van der Waals surface area contributed by atoms with Gasteiger partial charge in [-0.1, -0.05) is 44.5 Å². The van der Waals surface area contributed by atoms with E-state index in [0.29, 0.717) is 25.2 Å². The minimum atomic E-state index is -0.476. The minimum Gasteiger partial charge on any atom is -0.466 e. The van der Waals surface area contributed by atoms with Crippen molar-refractivity contribution in [3.05, 3.63) is 76.6 Å². The van der Waals surface area contributed by atoms with E-state index in [1.165, 1.54) is 32.0 Å². The van der Waals surface area contributed by atoms with Crippen molar-refractivity contribution in [2.45, 2.75) is 74.5 Å². The maximum atomic E-state index is 12.9. The summed E-state index contributed by atoms with van der Waals surface area (Å²) in [6.45, 7) is 19.1. The highest BCUT2D eigenvalue weighted by molar-refractivity contribution is 6.31. The first kappa shape index (κ1) is 53.2. The molecule has 2 aromatic carbocycles. The first-order valence-corrected chi connectivity index (χ1v) is 16.4. The average Bonchev–Trinajstić information content (AvgIpc) is 3.10. The van der Waals surface area contributed by atoms with E-state index in [1.54, 1.807) is 45.7 Å². The Bertz CT molecular complexity index is 1230. The highest BCUT2D eigenvalue weighted by Crippen LogP contribution is 2.19. The van der Waals surface area contributed by atoms with Crippen LogP contribution in [0.15, 0.2) is 48.7 Å². The number of aliphatic hydroxyl groups excluding tert-OH is 1. The monoisotopic (exact) mass is 732 g/mol. The number of nitrogens with zero attached hydrogens (tertiary/aromatic N) is 1. The van der Waals surface area contributed by atoms with Crippen molar-refractivity contribution in [3.63, 3.8) is 0 Å². The maximum Gasteiger partial charge on any atom is 0.302 e. The number of rotatable bonds is 10. The number of amides is 1. The number of nitrogens with one attached hydrogen (secondary N) is 1. The largest absolute Gasteiger partial charge is 0.466 e. The van der Waals surface area contributed by atoms with Gasteiger partial charge in [0.25, 0.3) is 0 Å². The van der Waals surface area contributed by atoms with Gasteiger partial charge in [0.1, 0.15) is 18.4 Å². The second-order valence-corrected chi connectivity index (χ2v) is 10.2. The summed E-state index contributed by atoms with van der Waals surface area (Å²) in [5.41, 5.74) is 1.49. The smallest absolute Gasteiger partial charge is 0.302 e. The molecule has 0 saturated heterocycles. The Hall–Kier alpha value is -3.55. The van der Waals surface area contributed by atoms with Gasteiger partial charge in [-0.2, -0.15) is 0 Å². The molecule has 0 bridgehead atoms. The van der Waals surface area contributed by atoms with Crippen molar-refractivity contribution in [1.82, 2.24) is 10.3 Å². The lowest BCUT2D eigenvalue weighted by Gasteiger charge is -2.15. The summed E-state index contributed by atoms with van der Waals surface area (Å²) in [5, 5.41) is 13.8. The molecule has 286 valence electrons. The third-order valence-electron chi connectivity index (χ3n) is 5.56. The average molecular weight is 733 g/mol. The van der Waals surface area contributed by atoms with E-state index in [9.17, 15) is 23.5 Å².